The van der Waals surface area contributed by atoms with Crippen molar-refractivity contribution in [1.29, 1.82) is 0 Å². The van der Waals surface area contributed by atoms with E-state index >= 15 is 0 Å². The molecule has 1 aliphatic heterocycles. The maximum Gasteiger partial charge on any atom is 0.248 e. The molecule has 0 aliphatic carbocycles. The van der Waals surface area contributed by atoms with Crippen molar-refractivity contribution in [3.63, 3.8) is 0 Å². The van der Waals surface area contributed by atoms with Gasteiger partial charge < -0.3 is 15.0 Å². The Bertz CT molecular complexity index is 690. The third kappa shape index (κ3) is 4.17. The summed E-state index contributed by atoms with van der Waals surface area (Å²) in [4.78, 5) is 16.8. The van der Waals surface area contributed by atoms with E-state index in [0.29, 0.717) is 13.2 Å². The van der Waals surface area contributed by atoms with Gasteiger partial charge in [0.15, 0.2) is 0 Å². The van der Waals surface area contributed by atoms with Crippen LogP contribution >= 0.6 is 11.8 Å². The number of para-hydroxylation sites is 2. The fraction of sp³-hybridized carbons (Fsp3) is 0.350. The second-order valence-corrected chi connectivity index (χ2v) is 7.02. The number of fused-ring (bicyclic) bond motifs is 2. The van der Waals surface area contributed by atoms with Crippen molar-refractivity contribution >= 4 is 29.0 Å². The van der Waals surface area contributed by atoms with Gasteiger partial charge in [-0.1, -0.05) is 36.0 Å². The van der Waals surface area contributed by atoms with E-state index in [1.54, 1.807) is 6.92 Å². The molecule has 0 radical (unpaired) electrons. The normalized spacial score (nSPS) is 13.8. The Balaban J connectivity index is 1.64. The molecule has 1 N–H and O–H groups in total. The molecule has 0 bridgehead atoms. The molecule has 1 heterocycles. The van der Waals surface area contributed by atoms with Crippen LogP contribution in [0.4, 0.5) is 11.4 Å². The van der Waals surface area contributed by atoms with Crippen molar-refractivity contribution in [2.24, 2.45) is 0 Å². The summed E-state index contributed by atoms with van der Waals surface area (Å²) in [6.45, 7) is 5.73. The summed E-state index contributed by atoms with van der Waals surface area (Å²) < 4.78 is 5.32. The lowest BCUT2D eigenvalue weighted by Crippen LogP contribution is -2.36. The summed E-state index contributed by atoms with van der Waals surface area (Å²) >= 11 is 1.81. The van der Waals surface area contributed by atoms with Gasteiger partial charge in [0.05, 0.1) is 11.4 Å². The van der Waals surface area contributed by atoms with Crippen molar-refractivity contribution in [2.75, 3.05) is 24.6 Å². The van der Waals surface area contributed by atoms with E-state index in [4.69, 9.17) is 4.74 Å². The number of benzene rings is 2. The van der Waals surface area contributed by atoms with Gasteiger partial charge >= 0.3 is 0 Å². The molecule has 0 spiro atoms. The number of anilines is 2. The Morgan fingerprint density at radius 1 is 1.12 bits per heavy atom. The first kappa shape index (κ1) is 17.8. The smallest absolute Gasteiger partial charge is 0.248 e. The van der Waals surface area contributed by atoms with Crippen molar-refractivity contribution in [2.45, 2.75) is 36.2 Å². The predicted octanol–water partition coefficient (Wildman–Crippen LogP) is 4.22. The first-order valence-corrected chi connectivity index (χ1v) is 9.55. The zero-order chi connectivity index (χ0) is 17.6. The molecule has 132 valence electrons. The molecule has 0 fully saturated rings. The molecular formula is C20H24N2O2S. The van der Waals surface area contributed by atoms with Gasteiger partial charge in [-0.15, -0.1) is 0 Å². The van der Waals surface area contributed by atoms with Gasteiger partial charge in [0.2, 0.25) is 5.91 Å². The fourth-order valence-electron chi connectivity index (χ4n) is 2.94. The molecule has 4 nitrogen and oxygen atoms in total. The molecule has 1 amide bonds. The Labute approximate surface area is 153 Å². The lowest BCUT2D eigenvalue weighted by molar-refractivity contribution is -0.131. The largest absolute Gasteiger partial charge is 0.369 e. The van der Waals surface area contributed by atoms with Crippen LogP contribution in [0.15, 0.2) is 58.3 Å². The number of carbonyl (C=O) groups excluding carboxylic acids is 1. The Morgan fingerprint density at radius 3 is 2.32 bits per heavy atom. The number of nitrogens with one attached hydrogen (secondary N) is 1. The first-order valence-electron chi connectivity index (χ1n) is 8.73. The van der Waals surface area contributed by atoms with Gasteiger partial charge in [-0.25, -0.2) is 0 Å². The maximum atomic E-state index is 11.9. The second-order valence-electron chi connectivity index (χ2n) is 5.93. The van der Waals surface area contributed by atoms with Crippen molar-refractivity contribution in [3.8, 4) is 0 Å². The summed E-state index contributed by atoms with van der Waals surface area (Å²) in [5.41, 5.74) is 2.47. The van der Waals surface area contributed by atoms with Gasteiger partial charge in [0.25, 0.3) is 0 Å². The molecule has 1 unspecified atom stereocenters. The Hall–Kier alpha value is -1.98. The van der Waals surface area contributed by atoms with E-state index in [1.807, 2.05) is 18.7 Å². The molecule has 1 atom stereocenters. The number of amides is 1. The molecule has 1 aliphatic rings. The molecular weight excluding hydrogens is 332 g/mol. The summed E-state index contributed by atoms with van der Waals surface area (Å²) in [5, 5.41) is 2.96. The SMILES string of the molecule is CCOC(C)C(=O)NCCCN1c2ccccc2Sc2ccccc21. The van der Waals surface area contributed by atoms with Crippen molar-refractivity contribution in [1.82, 2.24) is 5.32 Å². The van der Waals surface area contributed by atoms with Crippen LogP contribution in [0.2, 0.25) is 0 Å². The fourth-order valence-corrected chi connectivity index (χ4v) is 4.04. The monoisotopic (exact) mass is 356 g/mol. The quantitative estimate of drug-likeness (QED) is 0.754. The van der Waals surface area contributed by atoms with Crippen molar-refractivity contribution in [3.05, 3.63) is 48.5 Å². The van der Waals surface area contributed by atoms with Gasteiger partial charge in [-0.05, 0) is 44.5 Å². The Morgan fingerprint density at radius 2 is 1.72 bits per heavy atom. The van der Waals surface area contributed by atoms with Gasteiger partial charge in [0.1, 0.15) is 6.10 Å². The molecule has 2 aromatic carbocycles. The standard InChI is InChI=1S/C20H24N2O2S/c1-3-24-15(2)20(23)21-13-8-14-22-16-9-4-6-11-18(16)25-19-12-7-5-10-17(19)22/h4-7,9-12,15H,3,8,13-14H2,1-2H3,(H,21,23). The third-order valence-corrected chi connectivity index (χ3v) is 5.31. The molecule has 25 heavy (non-hydrogen) atoms. The number of rotatable bonds is 7. The van der Waals surface area contributed by atoms with Crippen LogP contribution in [-0.2, 0) is 9.53 Å². The van der Waals surface area contributed by atoms with Crippen LogP contribution in [-0.4, -0.2) is 31.7 Å². The van der Waals surface area contributed by atoms with E-state index < -0.39 is 6.10 Å². The van der Waals surface area contributed by atoms with E-state index in [1.165, 1.54) is 21.2 Å². The summed E-state index contributed by atoms with van der Waals surface area (Å²) in [6, 6.07) is 16.9. The average Bonchev–Trinajstić information content (AvgIpc) is 2.64. The van der Waals surface area contributed by atoms with Crippen molar-refractivity contribution < 1.29 is 9.53 Å². The lowest BCUT2D eigenvalue weighted by Gasteiger charge is -2.32. The van der Waals surface area contributed by atoms with Crippen LogP contribution < -0.4 is 10.2 Å². The van der Waals surface area contributed by atoms with Crippen LogP contribution in [0.1, 0.15) is 20.3 Å². The minimum Gasteiger partial charge on any atom is -0.369 e. The number of ether oxygens (including phenoxy) is 1. The number of carbonyl (C=O) groups is 1. The summed E-state index contributed by atoms with van der Waals surface area (Å²) in [5.74, 6) is -0.0446. The first-order chi connectivity index (χ1) is 12.2. The Kier molecular flexibility index (Phi) is 6.00. The van der Waals surface area contributed by atoms with Gasteiger partial charge in [-0.2, -0.15) is 0 Å². The van der Waals surface area contributed by atoms with Gasteiger partial charge in [0, 0.05) is 29.5 Å². The number of hydrogen-bond acceptors (Lipinski definition) is 4. The predicted molar refractivity (Wildman–Crippen MR) is 103 cm³/mol. The highest BCUT2D eigenvalue weighted by molar-refractivity contribution is 7.99. The number of nitrogens with zero attached hydrogens (tertiary/aromatic N) is 1. The maximum absolute atomic E-state index is 11.9. The highest BCUT2D eigenvalue weighted by Crippen LogP contribution is 2.47. The molecule has 0 aromatic heterocycles. The van der Waals surface area contributed by atoms with E-state index in [2.05, 4.69) is 58.7 Å². The molecule has 0 saturated heterocycles. The molecule has 0 saturated carbocycles. The van der Waals surface area contributed by atoms with Gasteiger partial charge in [-0.3, -0.25) is 4.79 Å². The average molecular weight is 356 g/mol. The zero-order valence-corrected chi connectivity index (χ0v) is 15.5. The van der Waals surface area contributed by atoms with E-state index in [0.717, 1.165) is 13.0 Å². The van der Waals surface area contributed by atoms with E-state index in [-0.39, 0.29) is 5.91 Å². The summed E-state index contributed by atoms with van der Waals surface area (Å²) in [6.07, 6.45) is 0.482. The minimum atomic E-state index is -0.391. The molecule has 2 aromatic rings. The third-order valence-electron chi connectivity index (χ3n) is 4.18. The molecule has 3 rings (SSSR count). The summed E-state index contributed by atoms with van der Waals surface area (Å²) in [7, 11) is 0. The topological polar surface area (TPSA) is 41.6 Å². The van der Waals surface area contributed by atoms with Crippen LogP contribution in [0.3, 0.4) is 0 Å². The number of hydrogen-bond donors (Lipinski definition) is 1. The highest BCUT2D eigenvalue weighted by Gasteiger charge is 2.22. The minimum absolute atomic E-state index is 0.0446. The second kappa shape index (κ2) is 8.41. The van der Waals surface area contributed by atoms with Crippen LogP contribution in [0.5, 0.6) is 0 Å². The van der Waals surface area contributed by atoms with Crippen LogP contribution in [0.25, 0.3) is 0 Å². The highest BCUT2D eigenvalue weighted by atomic mass is 32.2. The van der Waals surface area contributed by atoms with E-state index in [9.17, 15) is 4.79 Å². The lowest BCUT2D eigenvalue weighted by atomic mass is 10.2. The van der Waals surface area contributed by atoms with Crippen LogP contribution in [0, 0.1) is 0 Å². The zero-order valence-electron chi connectivity index (χ0n) is 14.7. The molecule has 5 heteroatoms.